The third-order valence-electron chi connectivity index (χ3n) is 4.33. The Morgan fingerprint density at radius 3 is 2.80 bits per heavy atom. The minimum absolute atomic E-state index is 0.0946. The molecule has 0 aromatic carbocycles. The van der Waals surface area contributed by atoms with Crippen LogP contribution in [0.25, 0.3) is 0 Å². The van der Waals surface area contributed by atoms with Crippen molar-refractivity contribution in [3.05, 3.63) is 0 Å². The van der Waals surface area contributed by atoms with Crippen molar-refractivity contribution in [3.8, 4) is 0 Å². The molecule has 0 aromatic rings. The fourth-order valence-electron chi connectivity index (χ4n) is 2.78. The Kier molecular flexibility index (Phi) is 4.78. The predicted octanol–water partition coefficient (Wildman–Crippen LogP) is 2.19. The van der Waals surface area contributed by atoms with Crippen LogP contribution in [0, 0.1) is 5.92 Å². The zero-order valence-electron chi connectivity index (χ0n) is 12.1. The van der Waals surface area contributed by atoms with E-state index in [-0.39, 0.29) is 18.3 Å². The van der Waals surface area contributed by atoms with Gasteiger partial charge in [-0.25, -0.2) is 4.79 Å². The molecule has 2 atom stereocenters. The van der Waals surface area contributed by atoms with Gasteiger partial charge in [0.05, 0.1) is 18.8 Å². The second-order valence-corrected chi connectivity index (χ2v) is 6.20. The summed E-state index contributed by atoms with van der Waals surface area (Å²) in [6.45, 7) is 3.48. The molecule has 0 spiro atoms. The third-order valence-corrected chi connectivity index (χ3v) is 4.33. The van der Waals surface area contributed by atoms with Crippen molar-refractivity contribution in [1.29, 1.82) is 0 Å². The summed E-state index contributed by atoms with van der Waals surface area (Å²) in [6.07, 6.45) is 6.92. The zero-order chi connectivity index (χ0) is 13.8. The molecule has 0 bridgehead atoms. The van der Waals surface area contributed by atoms with Crippen molar-refractivity contribution in [2.24, 2.45) is 5.92 Å². The molecule has 1 amide bonds. The highest BCUT2D eigenvalue weighted by molar-refractivity contribution is 5.68. The molecular formula is C15H25NO4. The van der Waals surface area contributed by atoms with E-state index in [0.29, 0.717) is 13.2 Å². The lowest BCUT2D eigenvalue weighted by Gasteiger charge is -2.23. The average Bonchev–Trinajstić information content (AvgIpc) is 3.20. The lowest BCUT2D eigenvalue weighted by Crippen LogP contribution is -2.34. The van der Waals surface area contributed by atoms with Gasteiger partial charge in [0.2, 0.25) is 0 Å². The van der Waals surface area contributed by atoms with Crippen LogP contribution in [0.15, 0.2) is 0 Å². The van der Waals surface area contributed by atoms with Gasteiger partial charge < -0.3 is 19.1 Å². The summed E-state index contributed by atoms with van der Waals surface area (Å²) in [5.74, 6) is 0.777. The Labute approximate surface area is 120 Å². The molecule has 0 aromatic heterocycles. The maximum absolute atomic E-state index is 12.0. The lowest BCUT2D eigenvalue weighted by atomic mass is 10.1. The van der Waals surface area contributed by atoms with E-state index in [9.17, 15) is 4.79 Å². The minimum atomic E-state index is -0.211. The van der Waals surface area contributed by atoms with Crippen LogP contribution in [-0.2, 0) is 14.2 Å². The first-order valence-electron chi connectivity index (χ1n) is 7.96. The average molecular weight is 283 g/mol. The van der Waals surface area contributed by atoms with E-state index in [1.165, 1.54) is 19.3 Å². The van der Waals surface area contributed by atoms with Crippen LogP contribution in [0.2, 0.25) is 0 Å². The van der Waals surface area contributed by atoms with Gasteiger partial charge in [-0.15, -0.1) is 0 Å². The summed E-state index contributed by atoms with van der Waals surface area (Å²) in [7, 11) is 0. The van der Waals surface area contributed by atoms with Crippen LogP contribution < -0.4 is 0 Å². The van der Waals surface area contributed by atoms with Gasteiger partial charge in [0.1, 0.15) is 6.61 Å². The van der Waals surface area contributed by atoms with E-state index in [1.807, 2.05) is 0 Å². The summed E-state index contributed by atoms with van der Waals surface area (Å²) < 4.78 is 16.7. The number of carbonyl (C=O) groups excluding carboxylic acids is 1. The van der Waals surface area contributed by atoms with E-state index in [2.05, 4.69) is 0 Å². The molecule has 20 heavy (non-hydrogen) atoms. The molecule has 1 saturated carbocycles. The molecule has 2 unspecified atom stereocenters. The van der Waals surface area contributed by atoms with Crippen LogP contribution in [0.4, 0.5) is 4.79 Å². The van der Waals surface area contributed by atoms with Crippen molar-refractivity contribution < 1.29 is 19.0 Å². The van der Waals surface area contributed by atoms with Crippen LogP contribution in [0.3, 0.4) is 0 Å². The van der Waals surface area contributed by atoms with Gasteiger partial charge in [0.25, 0.3) is 0 Å². The first-order valence-corrected chi connectivity index (χ1v) is 7.96. The Morgan fingerprint density at radius 1 is 1.15 bits per heavy atom. The SMILES string of the molecule is O=C(OCC1CCCCO1)N1CCC(OCC2CC2)C1. The topological polar surface area (TPSA) is 48.0 Å². The van der Waals surface area contributed by atoms with Gasteiger partial charge in [0, 0.05) is 19.8 Å². The van der Waals surface area contributed by atoms with Gasteiger partial charge in [-0.1, -0.05) is 0 Å². The van der Waals surface area contributed by atoms with E-state index in [1.54, 1.807) is 4.90 Å². The van der Waals surface area contributed by atoms with Gasteiger partial charge in [0.15, 0.2) is 0 Å². The smallest absolute Gasteiger partial charge is 0.409 e. The third kappa shape index (κ3) is 4.09. The Bertz CT molecular complexity index is 326. The number of ether oxygens (including phenoxy) is 3. The molecule has 1 aliphatic carbocycles. The fourth-order valence-corrected chi connectivity index (χ4v) is 2.78. The fraction of sp³-hybridized carbons (Fsp3) is 0.933. The second-order valence-electron chi connectivity index (χ2n) is 6.20. The number of hydrogen-bond donors (Lipinski definition) is 0. The van der Waals surface area contributed by atoms with E-state index in [0.717, 1.165) is 44.9 Å². The molecule has 0 N–H and O–H groups in total. The van der Waals surface area contributed by atoms with Crippen molar-refractivity contribution in [2.75, 3.05) is 32.9 Å². The molecule has 2 aliphatic heterocycles. The van der Waals surface area contributed by atoms with Crippen LogP contribution >= 0.6 is 0 Å². The number of carbonyl (C=O) groups is 1. The van der Waals surface area contributed by atoms with Crippen LogP contribution in [0.5, 0.6) is 0 Å². The number of hydrogen-bond acceptors (Lipinski definition) is 4. The van der Waals surface area contributed by atoms with Gasteiger partial charge >= 0.3 is 6.09 Å². The number of rotatable bonds is 5. The first-order chi connectivity index (χ1) is 9.81. The molecule has 114 valence electrons. The Balaban J connectivity index is 1.32. The summed E-state index contributed by atoms with van der Waals surface area (Å²) in [5.41, 5.74) is 0. The molecule has 3 rings (SSSR count). The van der Waals surface area contributed by atoms with E-state index >= 15 is 0 Å². The van der Waals surface area contributed by atoms with E-state index in [4.69, 9.17) is 14.2 Å². The van der Waals surface area contributed by atoms with Crippen molar-refractivity contribution >= 4 is 6.09 Å². The molecule has 2 heterocycles. The molecule has 3 fully saturated rings. The van der Waals surface area contributed by atoms with Crippen molar-refractivity contribution in [1.82, 2.24) is 4.90 Å². The van der Waals surface area contributed by atoms with Gasteiger partial charge in [-0.05, 0) is 44.4 Å². The highest BCUT2D eigenvalue weighted by Gasteiger charge is 2.30. The molecule has 2 saturated heterocycles. The summed E-state index contributed by atoms with van der Waals surface area (Å²) in [4.78, 5) is 13.7. The summed E-state index contributed by atoms with van der Waals surface area (Å²) in [6, 6.07) is 0. The maximum atomic E-state index is 12.0. The number of likely N-dealkylation sites (tertiary alicyclic amines) is 1. The molecule has 0 radical (unpaired) electrons. The largest absolute Gasteiger partial charge is 0.447 e. The molecule has 5 heteroatoms. The lowest BCUT2D eigenvalue weighted by molar-refractivity contribution is -0.0279. The van der Waals surface area contributed by atoms with Crippen molar-refractivity contribution in [3.63, 3.8) is 0 Å². The molecule has 3 aliphatic rings. The summed E-state index contributed by atoms with van der Waals surface area (Å²) >= 11 is 0. The molecule has 5 nitrogen and oxygen atoms in total. The summed E-state index contributed by atoms with van der Waals surface area (Å²) in [5, 5.41) is 0. The van der Waals surface area contributed by atoms with E-state index < -0.39 is 0 Å². The first kappa shape index (κ1) is 14.1. The monoisotopic (exact) mass is 283 g/mol. The number of nitrogens with zero attached hydrogens (tertiary/aromatic N) is 1. The molecular weight excluding hydrogens is 258 g/mol. The van der Waals surface area contributed by atoms with Crippen molar-refractivity contribution in [2.45, 2.75) is 50.7 Å². The van der Waals surface area contributed by atoms with Gasteiger partial charge in [-0.3, -0.25) is 0 Å². The normalized spacial score (nSPS) is 30.5. The van der Waals surface area contributed by atoms with Crippen LogP contribution in [-0.4, -0.2) is 56.1 Å². The maximum Gasteiger partial charge on any atom is 0.409 e. The Morgan fingerprint density at radius 2 is 2.05 bits per heavy atom. The van der Waals surface area contributed by atoms with Crippen LogP contribution in [0.1, 0.15) is 38.5 Å². The number of amides is 1. The standard InChI is InChI=1S/C15H25NO4/c17-15(20-11-14-3-1-2-8-18-14)16-7-6-13(9-16)19-10-12-4-5-12/h12-14H,1-11H2. The minimum Gasteiger partial charge on any atom is -0.447 e. The zero-order valence-corrected chi connectivity index (χ0v) is 12.1. The Hall–Kier alpha value is -0.810. The quantitative estimate of drug-likeness (QED) is 0.776. The van der Waals surface area contributed by atoms with Gasteiger partial charge in [-0.2, -0.15) is 0 Å². The second kappa shape index (κ2) is 6.76. The highest BCUT2D eigenvalue weighted by Crippen LogP contribution is 2.30. The predicted molar refractivity (Wildman–Crippen MR) is 73.6 cm³/mol. The highest BCUT2D eigenvalue weighted by atomic mass is 16.6.